The average Bonchev–Trinajstić information content (AvgIpc) is 2.33. The molecule has 0 spiro atoms. The highest BCUT2D eigenvalue weighted by molar-refractivity contribution is 5.76. The third-order valence-electron chi connectivity index (χ3n) is 4.27. The largest absolute Gasteiger partial charge is 0.391 e. The minimum atomic E-state index is -0.320. The Kier molecular flexibility index (Phi) is 4.84. The van der Waals surface area contributed by atoms with E-state index in [0.717, 1.165) is 25.7 Å². The average molecular weight is 239 g/mol. The summed E-state index contributed by atoms with van der Waals surface area (Å²) in [6.45, 7) is 0. The Bertz CT molecular complexity index is 249. The molecule has 0 aliphatic heterocycles. The van der Waals surface area contributed by atoms with Gasteiger partial charge in [-0.3, -0.25) is 4.79 Å². The normalized spacial score (nSPS) is 31.1. The number of rotatable bonds is 3. The van der Waals surface area contributed by atoms with Gasteiger partial charge in [0.05, 0.1) is 12.1 Å². The van der Waals surface area contributed by atoms with E-state index in [0.29, 0.717) is 12.3 Å². The fourth-order valence-electron chi connectivity index (χ4n) is 3.20. The van der Waals surface area contributed by atoms with Crippen LogP contribution in [0.25, 0.3) is 0 Å². The van der Waals surface area contributed by atoms with Gasteiger partial charge in [-0.25, -0.2) is 0 Å². The van der Waals surface area contributed by atoms with E-state index in [4.69, 9.17) is 0 Å². The maximum absolute atomic E-state index is 11.9. The summed E-state index contributed by atoms with van der Waals surface area (Å²) in [7, 11) is 0. The zero-order valence-electron chi connectivity index (χ0n) is 10.7. The summed E-state index contributed by atoms with van der Waals surface area (Å²) < 4.78 is 0. The second-order valence-electron chi connectivity index (χ2n) is 5.73. The van der Waals surface area contributed by atoms with Gasteiger partial charge in [0.2, 0.25) is 5.91 Å². The van der Waals surface area contributed by atoms with Crippen molar-refractivity contribution in [3.63, 3.8) is 0 Å². The van der Waals surface area contributed by atoms with Crippen molar-refractivity contribution in [2.75, 3.05) is 0 Å². The number of hydrogen-bond acceptors (Lipinski definition) is 2. The van der Waals surface area contributed by atoms with Crippen molar-refractivity contribution in [2.24, 2.45) is 5.92 Å². The van der Waals surface area contributed by atoms with E-state index in [1.807, 2.05) is 0 Å². The maximum atomic E-state index is 11.9. The third kappa shape index (κ3) is 3.98. The number of aliphatic hydroxyl groups excluding tert-OH is 1. The van der Waals surface area contributed by atoms with Crippen molar-refractivity contribution in [1.29, 1.82) is 0 Å². The van der Waals surface area contributed by atoms with Gasteiger partial charge in [-0.1, -0.05) is 32.1 Å². The molecule has 17 heavy (non-hydrogen) atoms. The molecule has 2 unspecified atom stereocenters. The summed E-state index contributed by atoms with van der Waals surface area (Å²) in [6.07, 6.45) is 10.7. The van der Waals surface area contributed by atoms with Gasteiger partial charge in [-0.05, 0) is 31.6 Å². The SMILES string of the molecule is O=C(CC1CCCCC1)NC1CCCCC1O. The Morgan fingerprint density at radius 2 is 1.65 bits per heavy atom. The van der Waals surface area contributed by atoms with Crippen LogP contribution in [-0.4, -0.2) is 23.2 Å². The Labute approximate surface area is 104 Å². The highest BCUT2D eigenvalue weighted by Crippen LogP contribution is 2.26. The number of hydrogen-bond donors (Lipinski definition) is 2. The number of nitrogens with one attached hydrogen (secondary N) is 1. The predicted molar refractivity (Wildman–Crippen MR) is 67.6 cm³/mol. The van der Waals surface area contributed by atoms with Crippen LogP contribution in [0.4, 0.5) is 0 Å². The Morgan fingerprint density at radius 3 is 2.35 bits per heavy atom. The van der Waals surface area contributed by atoms with Gasteiger partial charge in [-0.15, -0.1) is 0 Å². The van der Waals surface area contributed by atoms with Crippen LogP contribution in [0.1, 0.15) is 64.2 Å². The molecule has 2 atom stereocenters. The molecule has 2 aliphatic rings. The molecule has 3 nitrogen and oxygen atoms in total. The van der Waals surface area contributed by atoms with Crippen LogP contribution in [0.5, 0.6) is 0 Å². The quantitative estimate of drug-likeness (QED) is 0.794. The van der Waals surface area contributed by atoms with Gasteiger partial charge >= 0.3 is 0 Å². The molecule has 0 heterocycles. The fraction of sp³-hybridized carbons (Fsp3) is 0.929. The molecule has 2 aliphatic carbocycles. The lowest BCUT2D eigenvalue weighted by Gasteiger charge is -2.29. The van der Waals surface area contributed by atoms with Crippen LogP contribution in [0.15, 0.2) is 0 Å². The molecule has 98 valence electrons. The summed E-state index contributed by atoms with van der Waals surface area (Å²) in [5.41, 5.74) is 0. The van der Waals surface area contributed by atoms with Crippen molar-refractivity contribution < 1.29 is 9.90 Å². The molecule has 1 amide bonds. The first-order valence-corrected chi connectivity index (χ1v) is 7.23. The molecule has 0 bridgehead atoms. The van der Waals surface area contributed by atoms with Crippen molar-refractivity contribution >= 4 is 5.91 Å². The number of carbonyl (C=O) groups is 1. The highest BCUT2D eigenvalue weighted by Gasteiger charge is 2.25. The first kappa shape index (κ1) is 12.9. The molecular formula is C14H25NO2. The number of amides is 1. The first-order chi connectivity index (χ1) is 8.25. The van der Waals surface area contributed by atoms with Crippen LogP contribution in [0.3, 0.4) is 0 Å². The third-order valence-corrected chi connectivity index (χ3v) is 4.27. The number of carbonyl (C=O) groups excluding carboxylic acids is 1. The minimum Gasteiger partial charge on any atom is -0.391 e. The summed E-state index contributed by atoms with van der Waals surface area (Å²) >= 11 is 0. The van der Waals surface area contributed by atoms with Gasteiger partial charge in [0.25, 0.3) is 0 Å². The Hall–Kier alpha value is -0.570. The molecule has 0 aromatic heterocycles. The molecule has 2 rings (SSSR count). The zero-order valence-corrected chi connectivity index (χ0v) is 10.7. The molecular weight excluding hydrogens is 214 g/mol. The van der Waals surface area contributed by atoms with Gasteiger partial charge in [0, 0.05) is 6.42 Å². The van der Waals surface area contributed by atoms with E-state index in [-0.39, 0.29) is 18.1 Å². The maximum Gasteiger partial charge on any atom is 0.220 e. The van der Waals surface area contributed by atoms with E-state index in [1.165, 1.54) is 32.1 Å². The summed E-state index contributed by atoms with van der Waals surface area (Å²) in [4.78, 5) is 11.9. The standard InChI is InChI=1S/C14H25NO2/c16-13-9-5-4-8-12(13)15-14(17)10-11-6-2-1-3-7-11/h11-13,16H,1-10H2,(H,15,17). The summed E-state index contributed by atoms with van der Waals surface area (Å²) in [5.74, 6) is 0.743. The van der Waals surface area contributed by atoms with Gasteiger partial charge in [0.15, 0.2) is 0 Å². The van der Waals surface area contributed by atoms with Gasteiger partial charge in [-0.2, -0.15) is 0 Å². The van der Waals surface area contributed by atoms with Crippen LogP contribution in [0, 0.1) is 5.92 Å². The van der Waals surface area contributed by atoms with Crippen LogP contribution in [0.2, 0.25) is 0 Å². The molecule has 2 N–H and O–H groups in total. The van der Waals surface area contributed by atoms with Crippen molar-refractivity contribution in [1.82, 2.24) is 5.32 Å². The second kappa shape index (κ2) is 6.39. The fourth-order valence-corrected chi connectivity index (χ4v) is 3.20. The molecule has 0 saturated heterocycles. The topological polar surface area (TPSA) is 49.3 Å². The van der Waals surface area contributed by atoms with Gasteiger partial charge in [0.1, 0.15) is 0 Å². The van der Waals surface area contributed by atoms with Crippen molar-refractivity contribution in [3.05, 3.63) is 0 Å². The molecule has 0 aromatic rings. The van der Waals surface area contributed by atoms with E-state index < -0.39 is 0 Å². The molecule has 3 heteroatoms. The monoisotopic (exact) mass is 239 g/mol. The minimum absolute atomic E-state index is 0.0137. The molecule has 2 saturated carbocycles. The first-order valence-electron chi connectivity index (χ1n) is 7.23. The van der Waals surface area contributed by atoms with E-state index in [9.17, 15) is 9.90 Å². The van der Waals surface area contributed by atoms with E-state index in [2.05, 4.69) is 5.32 Å². The van der Waals surface area contributed by atoms with Crippen molar-refractivity contribution in [3.8, 4) is 0 Å². The number of aliphatic hydroxyl groups is 1. The lowest BCUT2D eigenvalue weighted by atomic mass is 9.86. The van der Waals surface area contributed by atoms with Crippen LogP contribution >= 0.6 is 0 Å². The molecule has 2 fully saturated rings. The van der Waals surface area contributed by atoms with Crippen molar-refractivity contribution in [2.45, 2.75) is 76.4 Å². The Morgan fingerprint density at radius 1 is 1.00 bits per heavy atom. The second-order valence-corrected chi connectivity index (χ2v) is 5.73. The lowest BCUT2D eigenvalue weighted by Crippen LogP contribution is -2.45. The molecule has 0 aromatic carbocycles. The summed E-state index contributed by atoms with van der Waals surface area (Å²) in [5, 5.41) is 12.8. The Balaban J connectivity index is 1.72. The highest BCUT2D eigenvalue weighted by atomic mass is 16.3. The lowest BCUT2D eigenvalue weighted by molar-refractivity contribution is -0.124. The van der Waals surface area contributed by atoms with Crippen LogP contribution in [-0.2, 0) is 4.79 Å². The molecule has 0 radical (unpaired) electrons. The van der Waals surface area contributed by atoms with Crippen LogP contribution < -0.4 is 5.32 Å². The van der Waals surface area contributed by atoms with E-state index >= 15 is 0 Å². The van der Waals surface area contributed by atoms with Gasteiger partial charge < -0.3 is 10.4 Å². The zero-order chi connectivity index (χ0) is 12.1. The smallest absolute Gasteiger partial charge is 0.220 e. The van der Waals surface area contributed by atoms with E-state index in [1.54, 1.807) is 0 Å². The summed E-state index contributed by atoms with van der Waals surface area (Å²) in [6, 6.07) is 0.0137. The predicted octanol–water partition coefficient (Wildman–Crippen LogP) is 2.38.